The summed E-state index contributed by atoms with van der Waals surface area (Å²) in [5.41, 5.74) is 0.0961. The molecule has 30 heavy (non-hydrogen) atoms. The zero-order chi connectivity index (χ0) is 21.1. The molecule has 8 heteroatoms. The minimum Gasteiger partial charge on any atom is -0.493 e. The molecule has 0 aliphatic rings. The first-order chi connectivity index (χ1) is 14.5. The molecular weight excluding hydrogens is 394 g/mol. The van der Waals surface area contributed by atoms with Crippen molar-refractivity contribution in [3.05, 3.63) is 89.4 Å². The third kappa shape index (κ3) is 3.93. The van der Waals surface area contributed by atoms with Gasteiger partial charge in [-0.15, -0.1) is 0 Å². The van der Waals surface area contributed by atoms with Crippen LogP contribution in [0.15, 0.2) is 74.7 Å². The van der Waals surface area contributed by atoms with Crippen LogP contribution in [0.1, 0.15) is 16.1 Å². The van der Waals surface area contributed by atoms with Gasteiger partial charge in [-0.25, -0.2) is 13.8 Å². The highest BCUT2D eigenvalue weighted by atomic mass is 19.1. The van der Waals surface area contributed by atoms with E-state index in [4.69, 9.17) is 13.6 Å². The van der Waals surface area contributed by atoms with Gasteiger partial charge < -0.3 is 18.9 Å². The Morgan fingerprint density at radius 2 is 2.00 bits per heavy atom. The maximum atomic E-state index is 14.1. The van der Waals surface area contributed by atoms with Gasteiger partial charge in [0.05, 0.1) is 19.9 Å². The predicted octanol–water partition coefficient (Wildman–Crippen LogP) is 4.48. The Balaban J connectivity index is 1.85. The summed E-state index contributed by atoms with van der Waals surface area (Å²) in [6.45, 7) is 0.145. The number of halogens is 2. The van der Waals surface area contributed by atoms with Crippen LogP contribution >= 0.6 is 0 Å². The molecule has 4 rings (SSSR count). The van der Waals surface area contributed by atoms with E-state index in [2.05, 4.69) is 10.3 Å². The minimum absolute atomic E-state index is 0.0750. The van der Waals surface area contributed by atoms with Gasteiger partial charge in [-0.1, -0.05) is 12.1 Å². The van der Waals surface area contributed by atoms with Crippen molar-refractivity contribution in [2.75, 3.05) is 7.11 Å². The SMILES string of the molecule is COc1cccc2cc(C(=O)NCc3ccco3)c(=Nc3ccc(F)cc3F)oc12. The molecule has 0 spiro atoms. The number of nitrogens with zero attached hydrogens (tertiary/aromatic N) is 1. The van der Waals surface area contributed by atoms with E-state index < -0.39 is 17.5 Å². The van der Waals surface area contributed by atoms with Gasteiger partial charge in [0.1, 0.15) is 22.8 Å². The number of hydrogen-bond acceptors (Lipinski definition) is 5. The molecule has 152 valence electrons. The first-order valence-corrected chi connectivity index (χ1v) is 8.96. The average molecular weight is 410 g/mol. The lowest BCUT2D eigenvalue weighted by atomic mass is 10.1. The van der Waals surface area contributed by atoms with Crippen LogP contribution in [0, 0.1) is 11.6 Å². The van der Waals surface area contributed by atoms with Crippen LogP contribution in [0.25, 0.3) is 11.0 Å². The Morgan fingerprint density at radius 1 is 1.13 bits per heavy atom. The molecule has 0 fully saturated rings. The summed E-state index contributed by atoms with van der Waals surface area (Å²) in [7, 11) is 1.48. The zero-order valence-electron chi connectivity index (χ0n) is 15.8. The number of ether oxygens (including phenoxy) is 1. The third-order valence-corrected chi connectivity index (χ3v) is 4.34. The van der Waals surface area contributed by atoms with Crippen molar-refractivity contribution in [1.82, 2.24) is 5.32 Å². The smallest absolute Gasteiger partial charge is 0.257 e. The summed E-state index contributed by atoms with van der Waals surface area (Å²) in [6, 6.07) is 13.1. The van der Waals surface area contributed by atoms with Crippen LogP contribution < -0.4 is 15.6 Å². The van der Waals surface area contributed by atoms with Crippen LogP contribution in [0.3, 0.4) is 0 Å². The summed E-state index contributed by atoms with van der Waals surface area (Å²) in [5.74, 6) is -1.13. The molecule has 0 bridgehead atoms. The zero-order valence-corrected chi connectivity index (χ0v) is 15.8. The summed E-state index contributed by atoms with van der Waals surface area (Å²) in [6.07, 6.45) is 1.50. The molecule has 2 heterocycles. The van der Waals surface area contributed by atoms with Crippen LogP contribution in [0.4, 0.5) is 14.5 Å². The van der Waals surface area contributed by atoms with E-state index in [1.165, 1.54) is 13.4 Å². The molecule has 0 saturated carbocycles. The van der Waals surface area contributed by atoms with Crippen LogP contribution in [-0.2, 0) is 6.54 Å². The van der Waals surface area contributed by atoms with Crippen molar-refractivity contribution in [2.24, 2.45) is 4.99 Å². The predicted molar refractivity (Wildman–Crippen MR) is 104 cm³/mol. The second-order valence-corrected chi connectivity index (χ2v) is 6.31. The summed E-state index contributed by atoms with van der Waals surface area (Å²) in [4.78, 5) is 17.0. The number of hydrogen-bond donors (Lipinski definition) is 1. The molecular formula is C22H16F2N2O4. The highest BCUT2D eigenvalue weighted by Crippen LogP contribution is 2.25. The fraction of sp³-hybridized carbons (Fsp3) is 0.0909. The molecule has 0 atom stereocenters. The standard InChI is InChI=1S/C22H16F2N2O4/c1-28-19-6-2-4-13-10-16(21(27)25-12-15-5-3-9-29-15)22(30-20(13)19)26-18-8-7-14(23)11-17(18)24/h2-11H,12H2,1H3,(H,25,27). The fourth-order valence-corrected chi connectivity index (χ4v) is 2.89. The monoisotopic (exact) mass is 410 g/mol. The molecule has 6 nitrogen and oxygen atoms in total. The number of furan rings is 1. The molecule has 1 N–H and O–H groups in total. The number of fused-ring (bicyclic) bond motifs is 1. The van der Waals surface area contributed by atoms with E-state index in [1.807, 2.05) is 0 Å². The number of benzene rings is 2. The lowest BCUT2D eigenvalue weighted by Gasteiger charge is -2.08. The number of rotatable bonds is 5. The third-order valence-electron chi connectivity index (χ3n) is 4.34. The summed E-state index contributed by atoms with van der Waals surface area (Å²) < 4.78 is 43.7. The highest BCUT2D eigenvalue weighted by Gasteiger charge is 2.16. The molecule has 0 aliphatic carbocycles. The van der Waals surface area contributed by atoms with Crippen molar-refractivity contribution in [3.8, 4) is 5.75 Å². The number of nitrogens with one attached hydrogen (secondary N) is 1. The van der Waals surface area contributed by atoms with E-state index in [0.717, 1.165) is 12.1 Å². The normalized spacial score (nSPS) is 11.6. The summed E-state index contributed by atoms with van der Waals surface area (Å²) in [5, 5.41) is 3.30. The molecule has 0 aliphatic heterocycles. The van der Waals surface area contributed by atoms with Crippen molar-refractivity contribution in [3.63, 3.8) is 0 Å². The van der Waals surface area contributed by atoms with Crippen LogP contribution in [0.5, 0.6) is 5.75 Å². The first-order valence-electron chi connectivity index (χ1n) is 8.96. The first kappa shape index (κ1) is 19.4. The van der Waals surface area contributed by atoms with E-state index in [1.54, 1.807) is 36.4 Å². The van der Waals surface area contributed by atoms with Gasteiger partial charge in [-0.2, -0.15) is 0 Å². The second-order valence-electron chi connectivity index (χ2n) is 6.31. The lowest BCUT2D eigenvalue weighted by molar-refractivity contribution is 0.0944. The van der Waals surface area contributed by atoms with Gasteiger partial charge in [0.15, 0.2) is 17.1 Å². The van der Waals surface area contributed by atoms with E-state index >= 15 is 0 Å². The molecule has 0 saturated heterocycles. The summed E-state index contributed by atoms with van der Waals surface area (Å²) >= 11 is 0. The van der Waals surface area contributed by atoms with Gasteiger partial charge in [0.2, 0.25) is 5.55 Å². The number of carbonyl (C=O) groups is 1. The van der Waals surface area contributed by atoms with Gasteiger partial charge in [-0.3, -0.25) is 4.79 Å². The molecule has 2 aromatic carbocycles. The van der Waals surface area contributed by atoms with E-state index in [9.17, 15) is 13.6 Å². The van der Waals surface area contributed by atoms with Crippen molar-refractivity contribution >= 4 is 22.6 Å². The number of carbonyl (C=O) groups excluding carboxylic acids is 1. The van der Waals surface area contributed by atoms with Crippen LogP contribution in [0.2, 0.25) is 0 Å². The Labute approximate surface area is 169 Å². The second kappa shape index (κ2) is 8.20. The Kier molecular flexibility index (Phi) is 5.30. The quantitative estimate of drug-likeness (QED) is 0.527. The fourth-order valence-electron chi connectivity index (χ4n) is 2.89. The van der Waals surface area contributed by atoms with Gasteiger partial charge in [-0.05, 0) is 36.4 Å². The molecule has 0 radical (unpaired) electrons. The van der Waals surface area contributed by atoms with E-state index in [-0.39, 0.29) is 23.3 Å². The van der Waals surface area contributed by atoms with E-state index in [0.29, 0.717) is 28.5 Å². The van der Waals surface area contributed by atoms with Crippen molar-refractivity contribution in [1.29, 1.82) is 0 Å². The Bertz CT molecular complexity index is 1280. The minimum atomic E-state index is -0.882. The topological polar surface area (TPSA) is 77.0 Å². The largest absolute Gasteiger partial charge is 0.493 e. The number of para-hydroxylation sites is 1. The molecule has 1 amide bonds. The van der Waals surface area contributed by atoms with Crippen molar-refractivity contribution < 1.29 is 27.1 Å². The highest BCUT2D eigenvalue weighted by molar-refractivity contribution is 5.97. The molecule has 0 unspecified atom stereocenters. The Morgan fingerprint density at radius 3 is 2.73 bits per heavy atom. The van der Waals surface area contributed by atoms with Gasteiger partial charge in [0, 0.05) is 11.5 Å². The Hall–Kier alpha value is -3.94. The van der Waals surface area contributed by atoms with Gasteiger partial charge in [0.25, 0.3) is 5.91 Å². The number of methoxy groups -OCH3 is 1. The van der Waals surface area contributed by atoms with Gasteiger partial charge >= 0.3 is 0 Å². The molecule has 2 aromatic heterocycles. The maximum absolute atomic E-state index is 14.1. The molecule has 4 aromatic rings. The van der Waals surface area contributed by atoms with Crippen LogP contribution in [-0.4, -0.2) is 13.0 Å². The lowest BCUT2D eigenvalue weighted by Crippen LogP contribution is -2.28. The maximum Gasteiger partial charge on any atom is 0.257 e. The van der Waals surface area contributed by atoms with Crippen molar-refractivity contribution in [2.45, 2.75) is 6.54 Å². The average Bonchev–Trinajstić information content (AvgIpc) is 3.26. The number of amides is 1.